The summed E-state index contributed by atoms with van der Waals surface area (Å²) in [6.45, 7) is 9.37. The second-order valence-electron chi connectivity index (χ2n) is 5.40. The van der Waals surface area contributed by atoms with Crippen molar-refractivity contribution in [2.75, 3.05) is 6.61 Å². The minimum atomic E-state index is -0.554. The summed E-state index contributed by atoms with van der Waals surface area (Å²) in [4.78, 5) is 27.6. The molecule has 0 unspecified atom stereocenters. The quantitative estimate of drug-likeness (QED) is 0.844. The van der Waals surface area contributed by atoms with Crippen LogP contribution in [0.15, 0.2) is 5.38 Å². The molecule has 0 saturated heterocycles. The number of nitrogens with zero attached hydrogens (tertiary/aromatic N) is 1. The van der Waals surface area contributed by atoms with Gasteiger partial charge in [-0.15, -0.1) is 11.3 Å². The molecule has 1 amide bonds. The van der Waals surface area contributed by atoms with Gasteiger partial charge in [-0.05, 0) is 34.1 Å². The molecule has 0 aromatic carbocycles. The molecule has 7 heteroatoms. The first-order valence-corrected chi connectivity index (χ1v) is 7.76. The number of amides is 1. The van der Waals surface area contributed by atoms with Gasteiger partial charge in [0.1, 0.15) is 10.6 Å². The zero-order valence-electron chi connectivity index (χ0n) is 13.1. The topological polar surface area (TPSA) is 77.5 Å². The molecule has 1 N–H and O–H groups in total. The third-order valence-electron chi connectivity index (χ3n) is 2.40. The van der Waals surface area contributed by atoms with Gasteiger partial charge in [0.2, 0.25) is 0 Å². The Labute approximate surface area is 128 Å². The summed E-state index contributed by atoms with van der Waals surface area (Å²) in [5, 5.41) is 5.05. The molecule has 1 aromatic heterocycles. The van der Waals surface area contributed by atoms with Gasteiger partial charge in [0.15, 0.2) is 5.69 Å². The number of thiazole rings is 1. The number of hydrogen-bond acceptors (Lipinski definition) is 6. The second kappa shape index (κ2) is 7.40. The standard InChI is InChI=1S/C14H22N2O4S/c1-6-9(16-13(18)20-14(3,4)5)11-15-10(8-21-11)12(17)19-7-2/h8-9H,6-7H2,1-5H3,(H,16,18)/t9-/m0/s1. The maximum atomic E-state index is 11.8. The van der Waals surface area contributed by atoms with E-state index in [-0.39, 0.29) is 11.7 Å². The average molecular weight is 314 g/mol. The highest BCUT2D eigenvalue weighted by molar-refractivity contribution is 7.09. The largest absolute Gasteiger partial charge is 0.461 e. The zero-order valence-corrected chi connectivity index (χ0v) is 13.9. The number of ether oxygens (including phenoxy) is 2. The Bertz CT molecular complexity index is 493. The van der Waals surface area contributed by atoms with E-state index in [4.69, 9.17) is 9.47 Å². The molecular weight excluding hydrogens is 292 g/mol. The van der Waals surface area contributed by atoms with E-state index in [2.05, 4.69) is 10.3 Å². The summed E-state index contributed by atoms with van der Waals surface area (Å²) in [6, 6.07) is -0.284. The minimum Gasteiger partial charge on any atom is -0.461 e. The van der Waals surface area contributed by atoms with Crippen LogP contribution < -0.4 is 5.32 Å². The van der Waals surface area contributed by atoms with Crippen LogP contribution in [0.1, 0.15) is 62.6 Å². The van der Waals surface area contributed by atoms with E-state index in [0.29, 0.717) is 18.0 Å². The Morgan fingerprint density at radius 2 is 2.05 bits per heavy atom. The summed E-state index contributed by atoms with van der Waals surface area (Å²) in [7, 11) is 0. The normalized spacial score (nSPS) is 12.6. The van der Waals surface area contributed by atoms with Crippen molar-refractivity contribution in [3.63, 3.8) is 0 Å². The molecule has 0 spiro atoms. The molecule has 1 heterocycles. The maximum Gasteiger partial charge on any atom is 0.408 e. The zero-order chi connectivity index (χ0) is 16.0. The molecule has 6 nitrogen and oxygen atoms in total. The number of aromatic nitrogens is 1. The first-order chi connectivity index (χ1) is 9.76. The number of hydrogen-bond donors (Lipinski definition) is 1. The van der Waals surface area contributed by atoms with Crippen LogP contribution in [-0.4, -0.2) is 29.3 Å². The SMILES string of the molecule is CCOC(=O)c1csc([C@H](CC)NC(=O)OC(C)(C)C)n1. The lowest BCUT2D eigenvalue weighted by Crippen LogP contribution is -2.34. The van der Waals surface area contributed by atoms with Crippen LogP contribution in [0.5, 0.6) is 0 Å². The van der Waals surface area contributed by atoms with E-state index in [1.165, 1.54) is 11.3 Å². The van der Waals surface area contributed by atoms with Crippen molar-refractivity contribution < 1.29 is 19.1 Å². The van der Waals surface area contributed by atoms with Crippen molar-refractivity contribution in [3.05, 3.63) is 16.1 Å². The van der Waals surface area contributed by atoms with Gasteiger partial charge >= 0.3 is 12.1 Å². The number of carbonyl (C=O) groups is 2. The Morgan fingerprint density at radius 1 is 1.38 bits per heavy atom. The Hall–Kier alpha value is -1.63. The van der Waals surface area contributed by atoms with E-state index in [9.17, 15) is 9.59 Å². The number of rotatable bonds is 5. The van der Waals surface area contributed by atoms with E-state index in [1.54, 1.807) is 33.1 Å². The molecule has 0 bridgehead atoms. The summed E-state index contributed by atoms with van der Waals surface area (Å²) in [6.07, 6.45) is 0.150. The van der Waals surface area contributed by atoms with E-state index < -0.39 is 17.7 Å². The number of carbonyl (C=O) groups excluding carboxylic acids is 2. The van der Waals surface area contributed by atoms with Crippen LogP contribution >= 0.6 is 11.3 Å². The van der Waals surface area contributed by atoms with Gasteiger partial charge in [0, 0.05) is 5.38 Å². The fourth-order valence-electron chi connectivity index (χ4n) is 1.53. The van der Waals surface area contributed by atoms with Crippen molar-refractivity contribution in [1.82, 2.24) is 10.3 Å². The first-order valence-electron chi connectivity index (χ1n) is 6.88. The molecule has 1 rings (SSSR count). The van der Waals surface area contributed by atoms with E-state index in [1.807, 2.05) is 6.92 Å². The van der Waals surface area contributed by atoms with Gasteiger partial charge in [-0.1, -0.05) is 6.92 Å². The third-order valence-corrected chi connectivity index (χ3v) is 3.36. The molecule has 118 valence electrons. The molecule has 0 saturated carbocycles. The number of alkyl carbamates (subject to hydrolysis) is 1. The van der Waals surface area contributed by atoms with Crippen molar-refractivity contribution in [2.45, 2.75) is 52.7 Å². The van der Waals surface area contributed by atoms with Crippen LogP contribution in [0.4, 0.5) is 4.79 Å². The molecule has 21 heavy (non-hydrogen) atoms. The van der Waals surface area contributed by atoms with Gasteiger partial charge in [0.25, 0.3) is 0 Å². The van der Waals surface area contributed by atoms with E-state index in [0.717, 1.165) is 0 Å². The predicted octanol–water partition coefficient (Wildman–Crippen LogP) is 3.30. The highest BCUT2D eigenvalue weighted by Gasteiger charge is 2.22. The van der Waals surface area contributed by atoms with Crippen LogP contribution in [-0.2, 0) is 9.47 Å². The lowest BCUT2D eigenvalue weighted by atomic mass is 10.2. The lowest BCUT2D eigenvalue weighted by Gasteiger charge is -2.22. The molecular formula is C14H22N2O4S. The van der Waals surface area contributed by atoms with Crippen LogP contribution in [0, 0.1) is 0 Å². The van der Waals surface area contributed by atoms with Gasteiger partial charge in [-0.2, -0.15) is 0 Å². The summed E-state index contributed by atoms with van der Waals surface area (Å²) in [5.41, 5.74) is -0.289. The molecule has 0 aliphatic carbocycles. The van der Waals surface area contributed by atoms with Gasteiger partial charge in [0.05, 0.1) is 12.6 Å². The maximum absolute atomic E-state index is 11.8. The van der Waals surface area contributed by atoms with Crippen LogP contribution in [0.3, 0.4) is 0 Å². The molecule has 0 fully saturated rings. The third kappa shape index (κ3) is 5.71. The molecule has 1 atom stereocenters. The number of esters is 1. The first kappa shape index (κ1) is 17.4. The highest BCUT2D eigenvalue weighted by Crippen LogP contribution is 2.22. The smallest absolute Gasteiger partial charge is 0.408 e. The average Bonchev–Trinajstić information content (AvgIpc) is 2.83. The monoisotopic (exact) mass is 314 g/mol. The minimum absolute atomic E-state index is 0.265. The van der Waals surface area contributed by atoms with Crippen LogP contribution in [0.25, 0.3) is 0 Å². The van der Waals surface area contributed by atoms with Gasteiger partial charge < -0.3 is 14.8 Å². The Morgan fingerprint density at radius 3 is 2.57 bits per heavy atom. The highest BCUT2D eigenvalue weighted by atomic mass is 32.1. The summed E-state index contributed by atoms with van der Waals surface area (Å²) < 4.78 is 10.1. The van der Waals surface area contributed by atoms with Crippen molar-refractivity contribution in [1.29, 1.82) is 0 Å². The summed E-state index contributed by atoms with van der Waals surface area (Å²) in [5.74, 6) is -0.452. The molecule has 0 aliphatic rings. The summed E-state index contributed by atoms with van der Waals surface area (Å²) >= 11 is 1.31. The fourth-order valence-corrected chi connectivity index (χ4v) is 2.46. The van der Waals surface area contributed by atoms with Gasteiger partial charge in [-0.25, -0.2) is 14.6 Å². The lowest BCUT2D eigenvalue weighted by molar-refractivity contribution is 0.0501. The molecule has 0 aliphatic heterocycles. The van der Waals surface area contributed by atoms with Crippen LogP contribution in [0.2, 0.25) is 0 Å². The molecule has 1 aromatic rings. The van der Waals surface area contributed by atoms with Crippen molar-refractivity contribution >= 4 is 23.4 Å². The Kier molecular flexibility index (Phi) is 6.14. The van der Waals surface area contributed by atoms with Gasteiger partial charge in [-0.3, -0.25) is 0 Å². The second-order valence-corrected chi connectivity index (χ2v) is 6.29. The fraction of sp³-hybridized carbons (Fsp3) is 0.643. The van der Waals surface area contributed by atoms with Crippen molar-refractivity contribution in [3.8, 4) is 0 Å². The molecule has 0 radical (unpaired) electrons. The van der Waals surface area contributed by atoms with E-state index >= 15 is 0 Å². The predicted molar refractivity (Wildman–Crippen MR) is 80.5 cm³/mol. The van der Waals surface area contributed by atoms with Crippen molar-refractivity contribution in [2.24, 2.45) is 0 Å². The Balaban J connectivity index is 2.72. The number of nitrogens with one attached hydrogen (secondary N) is 1.